The average Bonchev–Trinajstić information content (AvgIpc) is 2.52. The van der Waals surface area contributed by atoms with Crippen molar-refractivity contribution >= 4 is 10.9 Å². The van der Waals surface area contributed by atoms with Crippen LogP contribution in [0.1, 0.15) is 0 Å². The molecule has 0 aliphatic carbocycles. The molecular weight excluding hydrogens is 286 g/mol. The molecule has 3 rings (SSSR count). The van der Waals surface area contributed by atoms with Gasteiger partial charge in [-0.2, -0.15) is 0 Å². The van der Waals surface area contributed by atoms with Crippen molar-refractivity contribution in [1.82, 2.24) is 0 Å². The van der Waals surface area contributed by atoms with E-state index in [1.165, 1.54) is 12.1 Å². The molecule has 3 heteroatoms. The van der Waals surface area contributed by atoms with Crippen LogP contribution in [-0.2, 0) is 10.9 Å². The molecule has 0 N–H and O–H groups in total. The van der Waals surface area contributed by atoms with E-state index in [1.807, 2.05) is 30.3 Å². The van der Waals surface area contributed by atoms with Crippen molar-refractivity contribution in [2.24, 2.45) is 0 Å². The molecule has 21 heavy (non-hydrogen) atoms. The number of benzene rings is 3. The second-order valence-corrected chi connectivity index (χ2v) is 6.44. The second kappa shape index (κ2) is 6.10. The van der Waals surface area contributed by atoms with E-state index in [4.69, 9.17) is 0 Å². The SMILES string of the molecule is Fc1ccccc1[S+](c1ccccc1)c1ccccc1F. The van der Waals surface area contributed by atoms with E-state index in [1.54, 1.807) is 36.4 Å². The molecule has 0 heterocycles. The smallest absolute Gasteiger partial charge is 0.201 e. The fourth-order valence-corrected chi connectivity index (χ4v) is 4.28. The van der Waals surface area contributed by atoms with Gasteiger partial charge in [0.1, 0.15) is 10.9 Å². The average molecular weight is 299 g/mol. The number of halogens is 2. The van der Waals surface area contributed by atoms with E-state index < -0.39 is 10.9 Å². The van der Waals surface area contributed by atoms with Gasteiger partial charge in [0.2, 0.25) is 9.79 Å². The van der Waals surface area contributed by atoms with Gasteiger partial charge in [-0.25, -0.2) is 8.78 Å². The van der Waals surface area contributed by atoms with Crippen LogP contribution in [0.3, 0.4) is 0 Å². The van der Waals surface area contributed by atoms with Crippen LogP contribution in [-0.4, -0.2) is 0 Å². The summed E-state index contributed by atoms with van der Waals surface area (Å²) < 4.78 is 28.5. The molecule has 3 aromatic rings. The Labute approximate surface area is 125 Å². The molecule has 0 bridgehead atoms. The minimum atomic E-state index is -0.788. The molecule has 0 fully saturated rings. The lowest BCUT2D eigenvalue weighted by Gasteiger charge is -2.09. The normalized spacial score (nSPS) is 10.8. The number of hydrogen-bond donors (Lipinski definition) is 0. The highest BCUT2D eigenvalue weighted by molar-refractivity contribution is 7.97. The maximum atomic E-state index is 14.2. The summed E-state index contributed by atoms with van der Waals surface area (Å²) in [6.45, 7) is 0. The van der Waals surface area contributed by atoms with Crippen LogP contribution in [0.25, 0.3) is 0 Å². The van der Waals surface area contributed by atoms with Crippen molar-refractivity contribution in [3.05, 3.63) is 90.5 Å². The quantitative estimate of drug-likeness (QED) is 0.593. The summed E-state index contributed by atoms with van der Waals surface area (Å²) >= 11 is 0. The Morgan fingerprint density at radius 2 is 0.952 bits per heavy atom. The third kappa shape index (κ3) is 2.83. The number of rotatable bonds is 3. The maximum absolute atomic E-state index is 14.2. The van der Waals surface area contributed by atoms with E-state index in [0.717, 1.165) is 4.90 Å². The second-order valence-electron chi connectivity index (χ2n) is 4.48. The summed E-state index contributed by atoms with van der Waals surface area (Å²) in [6.07, 6.45) is 0. The monoisotopic (exact) mass is 299 g/mol. The van der Waals surface area contributed by atoms with Gasteiger partial charge in [-0.1, -0.05) is 42.5 Å². The molecule has 0 nitrogen and oxygen atoms in total. The zero-order chi connectivity index (χ0) is 14.7. The van der Waals surface area contributed by atoms with E-state index in [9.17, 15) is 8.78 Å². The van der Waals surface area contributed by atoms with Crippen LogP contribution in [0.5, 0.6) is 0 Å². The Morgan fingerprint density at radius 3 is 1.43 bits per heavy atom. The van der Waals surface area contributed by atoms with Crippen LogP contribution in [0, 0.1) is 11.6 Å². The van der Waals surface area contributed by atoms with Gasteiger partial charge in [-0.3, -0.25) is 0 Å². The fourth-order valence-electron chi connectivity index (χ4n) is 2.15. The van der Waals surface area contributed by atoms with E-state index in [-0.39, 0.29) is 11.6 Å². The summed E-state index contributed by atoms with van der Waals surface area (Å²) in [6, 6.07) is 22.6. The first-order valence-corrected chi connectivity index (χ1v) is 7.78. The summed E-state index contributed by atoms with van der Waals surface area (Å²) in [7, 11) is -0.788. The Hall–Kier alpha value is -2.13. The predicted molar refractivity (Wildman–Crippen MR) is 81.4 cm³/mol. The summed E-state index contributed by atoms with van der Waals surface area (Å²) in [5, 5.41) is 0. The van der Waals surface area contributed by atoms with Gasteiger partial charge in [0.05, 0.1) is 0 Å². The maximum Gasteiger partial charge on any atom is 0.202 e. The van der Waals surface area contributed by atoms with Crippen LogP contribution in [0.15, 0.2) is 93.5 Å². The molecule has 0 spiro atoms. The molecule has 0 unspecified atom stereocenters. The molecule has 0 aromatic heterocycles. The third-order valence-corrected chi connectivity index (χ3v) is 5.38. The molecule has 0 atom stereocenters. The van der Waals surface area contributed by atoms with Crippen LogP contribution >= 0.6 is 0 Å². The lowest BCUT2D eigenvalue weighted by atomic mass is 10.3. The first-order chi connectivity index (χ1) is 10.3. The zero-order valence-electron chi connectivity index (χ0n) is 11.2. The first kappa shape index (κ1) is 13.8. The highest BCUT2D eigenvalue weighted by Gasteiger charge is 2.33. The first-order valence-electron chi connectivity index (χ1n) is 6.56. The fraction of sp³-hybridized carbons (Fsp3) is 0. The van der Waals surface area contributed by atoms with Crippen molar-refractivity contribution in [2.75, 3.05) is 0 Å². The van der Waals surface area contributed by atoms with Crippen LogP contribution < -0.4 is 0 Å². The minimum absolute atomic E-state index is 0.312. The molecule has 0 aliphatic rings. The zero-order valence-corrected chi connectivity index (χ0v) is 12.0. The van der Waals surface area contributed by atoms with Crippen molar-refractivity contribution in [2.45, 2.75) is 14.7 Å². The molecule has 0 saturated carbocycles. The lowest BCUT2D eigenvalue weighted by molar-refractivity contribution is 0.593. The molecule has 0 saturated heterocycles. The minimum Gasteiger partial charge on any atom is -0.201 e. The molecule has 0 amide bonds. The van der Waals surface area contributed by atoms with Crippen LogP contribution in [0.2, 0.25) is 0 Å². The van der Waals surface area contributed by atoms with Gasteiger partial charge in [0.15, 0.2) is 16.5 Å². The Morgan fingerprint density at radius 1 is 0.524 bits per heavy atom. The largest absolute Gasteiger partial charge is 0.202 e. The summed E-state index contributed by atoms with van der Waals surface area (Å²) in [4.78, 5) is 1.91. The van der Waals surface area contributed by atoms with Gasteiger partial charge < -0.3 is 0 Å². The van der Waals surface area contributed by atoms with Gasteiger partial charge in [0.25, 0.3) is 0 Å². The van der Waals surface area contributed by atoms with Gasteiger partial charge in [-0.15, -0.1) is 0 Å². The standard InChI is InChI=1S/C18H13F2S/c19-15-10-4-6-12-17(15)21(14-8-2-1-3-9-14)18-13-7-5-11-16(18)20/h1-13H/q+1. The van der Waals surface area contributed by atoms with Crippen molar-refractivity contribution < 1.29 is 8.78 Å². The van der Waals surface area contributed by atoms with E-state index in [0.29, 0.717) is 9.79 Å². The van der Waals surface area contributed by atoms with Gasteiger partial charge in [-0.05, 0) is 36.4 Å². The van der Waals surface area contributed by atoms with E-state index >= 15 is 0 Å². The molecule has 0 radical (unpaired) electrons. The Balaban J connectivity index is 2.22. The molecular formula is C18H13F2S+. The molecule has 3 aromatic carbocycles. The highest BCUT2D eigenvalue weighted by Crippen LogP contribution is 2.33. The lowest BCUT2D eigenvalue weighted by Crippen LogP contribution is -2.08. The predicted octanol–water partition coefficient (Wildman–Crippen LogP) is 5.06. The topological polar surface area (TPSA) is 0 Å². The molecule has 104 valence electrons. The molecule has 0 aliphatic heterocycles. The number of hydrogen-bond acceptors (Lipinski definition) is 0. The van der Waals surface area contributed by atoms with Gasteiger partial charge in [0, 0.05) is 0 Å². The summed E-state index contributed by atoms with van der Waals surface area (Å²) in [5.74, 6) is -0.624. The highest BCUT2D eigenvalue weighted by atomic mass is 32.2. The van der Waals surface area contributed by atoms with Gasteiger partial charge >= 0.3 is 0 Å². The van der Waals surface area contributed by atoms with Crippen molar-refractivity contribution in [1.29, 1.82) is 0 Å². The van der Waals surface area contributed by atoms with Crippen molar-refractivity contribution in [3.8, 4) is 0 Å². The Bertz CT molecular complexity index is 695. The van der Waals surface area contributed by atoms with E-state index in [2.05, 4.69) is 0 Å². The third-order valence-electron chi connectivity index (χ3n) is 3.09. The Kier molecular flexibility index (Phi) is 4.02. The van der Waals surface area contributed by atoms with Crippen LogP contribution in [0.4, 0.5) is 8.78 Å². The van der Waals surface area contributed by atoms with Crippen molar-refractivity contribution in [3.63, 3.8) is 0 Å². The summed E-state index contributed by atoms with van der Waals surface area (Å²) in [5.41, 5.74) is 0.